The molecule has 3 rings (SSSR count). The zero-order chi connectivity index (χ0) is 20.3. The van der Waals surface area contributed by atoms with E-state index in [-0.39, 0.29) is 16.9 Å². The Kier molecular flexibility index (Phi) is 5.37. The minimum absolute atomic E-state index is 0.115. The van der Waals surface area contributed by atoms with Crippen LogP contribution in [0.1, 0.15) is 5.56 Å². The van der Waals surface area contributed by atoms with Gasteiger partial charge in [-0.15, -0.1) is 0 Å². The van der Waals surface area contributed by atoms with Gasteiger partial charge in [0.25, 0.3) is 11.8 Å². The molecule has 0 aromatic heterocycles. The van der Waals surface area contributed by atoms with Gasteiger partial charge in [0.05, 0.1) is 10.6 Å². The van der Waals surface area contributed by atoms with E-state index in [1.165, 1.54) is 18.2 Å². The first-order valence-corrected chi connectivity index (χ1v) is 8.61. The minimum atomic E-state index is -0.674. The number of benzene rings is 2. The summed E-state index contributed by atoms with van der Waals surface area (Å²) in [5.74, 6) is -1.49. The monoisotopic (exact) mass is 442 g/mol. The topological polar surface area (TPSA) is 126 Å². The number of hydrogen-bond acceptors (Lipinski definition) is 6. The fourth-order valence-corrected chi connectivity index (χ4v) is 3.04. The molecule has 10 heteroatoms. The Bertz CT molecular complexity index is 1050. The van der Waals surface area contributed by atoms with E-state index in [1.54, 1.807) is 36.4 Å². The lowest BCUT2D eigenvalue weighted by Crippen LogP contribution is -2.35. The molecule has 0 bridgehead atoms. The highest BCUT2D eigenvalue weighted by Gasteiger charge is 2.35. The van der Waals surface area contributed by atoms with Gasteiger partial charge < -0.3 is 4.74 Å². The molecule has 28 heavy (non-hydrogen) atoms. The van der Waals surface area contributed by atoms with Crippen molar-refractivity contribution in [2.75, 3.05) is 11.6 Å². The Labute approximate surface area is 167 Å². The van der Waals surface area contributed by atoms with Crippen molar-refractivity contribution in [1.29, 1.82) is 5.26 Å². The molecule has 0 unspecified atom stereocenters. The molecule has 1 aliphatic heterocycles. The van der Waals surface area contributed by atoms with Crippen LogP contribution in [0.15, 0.2) is 52.5 Å². The molecule has 2 aromatic carbocycles. The van der Waals surface area contributed by atoms with E-state index in [4.69, 9.17) is 10.00 Å². The van der Waals surface area contributed by atoms with E-state index >= 15 is 0 Å². The van der Waals surface area contributed by atoms with Crippen LogP contribution in [0.5, 0.6) is 5.75 Å². The molecule has 0 radical (unpaired) electrons. The third-order valence-electron chi connectivity index (χ3n) is 3.75. The number of nitrogens with one attached hydrogen (secondary N) is 1. The van der Waals surface area contributed by atoms with Gasteiger partial charge in [-0.2, -0.15) is 5.26 Å². The van der Waals surface area contributed by atoms with Gasteiger partial charge in [-0.05, 0) is 24.3 Å². The number of carbonyl (C=O) groups is 2. The number of carbonyl (C=O) groups excluding carboxylic acids is 2. The smallest absolute Gasteiger partial charge is 0.312 e. The Morgan fingerprint density at radius 1 is 1.29 bits per heavy atom. The fraction of sp³-hybridized carbons (Fsp3) is 0.0556. The van der Waals surface area contributed by atoms with Gasteiger partial charge in [0.15, 0.2) is 6.61 Å². The molecule has 9 nitrogen and oxygen atoms in total. The first-order chi connectivity index (χ1) is 13.4. The van der Waals surface area contributed by atoms with E-state index < -0.39 is 29.0 Å². The number of nitriles is 1. The van der Waals surface area contributed by atoms with Crippen LogP contribution in [0.25, 0.3) is 6.08 Å². The average Bonchev–Trinajstić information content (AvgIpc) is 2.95. The number of nitro benzene ring substituents is 1. The van der Waals surface area contributed by atoms with Gasteiger partial charge in [0.1, 0.15) is 11.6 Å². The van der Waals surface area contributed by atoms with E-state index in [0.29, 0.717) is 10.2 Å². The Morgan fingerprint density at radius 2 is 2.00 bits per heavy atom. The third kappa shape index (κ3) is 3.70. The highest BCUT2D eigenvalue weighted by Crippen LogP contribution is 2.36. The maximum absolute atomic E-state index is 12.7. The van der Waals surface area contributed by atoms with Crippen molar-refractivity contribution < 1.29 is 19.2 Å². The molecule has 0 aliphatic carbocycles. The Morgan fingerprint density at radius 3 is 2.64 bits per heavy atom. The van der Waals surface area contributed by atoms with Gasteiger partial charge in [-0.3, -0.25) is 25.1 Å². The van der Waals surface area contributed by atoms with E-state index in [2.05, 4.69) is 21.4 Å². The highest BCUT2D eigenvalue weighted by atomic mass is 79.9. The summed E-state index contributed by atoms with van der Waals surface area (Å²) >= 11 is 3.16. The first-order valence-electron chi connectivity index (χ1n) is 7.82. The molecule has 1 heterocycles. The summed E-state index contributed by atoms with van der Waals surface area (Å²) in [6.07, 6.45) is 1.20. The fourth-order valence-electron chi connectivity index (χ4n) is 2.58. The van der Waals surface area contributed by atoms with Crippen molar-refractivity contribution >= 4 is 45.2 Å². The second-order valence-electron chi connectivity index (χ2n) is 5.52. The van der Waals surface area contributed by atoms with Crippen molar-refractivity contribution in [2.45, 2.75) is 0 Å². The van der Waals surface area contributed by atoms with Crippen LogP contribution in [-0.4, -0.2) is 23.3 Å². The molecule has 140 valence electrons. The number of para-hydroxylation sites is 1. The van der Waals surface area contributed by atoms with Crippen molar-refractivity contribution in [3.8, 4) is 11.8 Å². The molecule has 1 fully saturated rings. The number of rotatable bonds is 5. The number of nitro groups is 1. The van der Waals surface area contributed by atoms with Gasteiger partial charge in [-0.1, -0.05) is 34.1 Å². The number of anilines is 1. The highest BCUT2D eigenvalue weighted by molar-refractivity contribution is 9.10. The lowest BCUT2D eigenvalue weighted by atomic mass is 10.1. The summed E-state index contributed by atoms with van der Waals surface area (Å²) in [6.45, 7) is -0.436. The number of hydrazine groups is 1. The van der Waals surface area contributed by atoms with Crippen LogP contribution < -0.4 is 15.2 Å². The van der Waals surface area contributed by atoms with Crippen molar-refractivity contribution in [3.63, 3.8) is 0 Å². The predicted molar refractivity (Wildman–Crippen MR) is 102 cm³/mol. The number of nitrogens with zero attached hydrogens (tertiary/aromatic N) is 3. The summed E-state index contributed by atoms with van der Waals surface area (Å²) in [6, 6.07) is 12.9. The number of hydrogen-bond donors (Lipinski definition) is 1. The maximum atomic E-state index is 12.7. The summed E-state index contributed by atoms with van der Waals surface area (Å²) < 4.78 is 5.55. The van der Waals surface area contributed by atoms with Crippen LogP contribution in [0.4, 0.5) is 11.4 Å². The first kappa shape index (κ1) is 19.1. The molecule has 1 aliphatic rings. The van der Waals surface area contributed by atoms with Gasteiger partial charge in [0.2, 0.25) is 5.75 Å². The molecule has 0 spiro atoms. The number of amides is 2. The molecule has 0 atom stereocenters. The molecule has 2 aromatic rings. The standard InChI is InChI=1S/C18H11BrN4O5/c19-12-8-11(16(28-7-6-20)15(10-12)23(26)27)9-14-17(24)21-22(18(14)25)13-4-2-1-3-5-13/h1-5,8-10H,7H2,(H,21,24)/b14-9-. The second kappa shape index (κ2) is 7.89. The lowest BCUT2D eigenvalue weighted by Gasteiger charge is -2.14. The van der Waals surface area contributed by atoms with E-state index in [1.807, 2.05) is 0 Å². The molecular formula is C18H11BrN4O5. The molecule has 1 N–H and O–H groups in total. The largest absolute Gasteiger partial charge is 0.471 e. The second-order valence-corrected chi connectivity index (χ2v) is 6.44. The van der Waals surface area contributed by atoms with Gasteiger partial charge >= 0.3 is 5.69 Å². The molecule has 2 amide bonds. The lowest BCUT2D eigenvalue weighted by molar-refractivity contribution is -0.385. The zero-order valence-electron chi connectivity index (χ0n) is 14.1. The van der Waals surface area contributed by atoms with Crippen LogP contribution >= 0.6 is 15.9 Å². The van der Waals surface area contributed by atoms with Crippen LogP contribution in [0.2, 0.25) is 0 Å². The van der Waals surface area contributed by atoms with Crippen molar-refractivity contribution in [1.82, 2.24) is 5.43 Å². The summed E-state index contributed by atoms with van der Waals surface area (Å²) in [7, 11) is 0. The zero-order valence-corrected chi connectivity index (χ0v) is 15.7. The third-order valence-corrected chi connectivity index (χ3v) is 4.20. The van der Waals surface area contributed by atoms with Gasteiger partial charge in [0, 0.05) is 16.1 Å². The molecule has 0 saturated carbocycles. The average molecular weight is 443 g/mol. The van der Waals surface area contributed by atoms with E-state index in [0.717, 1.165) is 5.01 Å². The van der Waals surface area contributed by atoms with Gasteiger partial charge in [-0.25, -0.2) is 5.01 Å². The minimum Gasteiger partial charge on any atom is -0.471 e. The quantitative estimate of drug-likeness (QED) is 0.328. The summed E-state index contributed by atoms with van der Waals surface area (Å²) in [4.78, 5) is 35.7. The van der Waals surface area contributed by atoms with Crippen molar-refractivity contribution in [3.05, 3.63) is 68.2 Å². The SMILES string of the molecule is N#CCOc1c(/C=C2/C(=O)NN(c3ccccc3)C2=O)cc(Br)cc1[N+](=O)[O-]. The summed E-state index contributed by atoms with van der Waals surface area (Å²) in [5, 5.41) is 21.2. The summed E-state index contributed by atoms with van der Waals surface area (Å²) in [5.41, 5.74) is 2.40. The number of halogens is 1. The van der Waals surface area contributed by atoms with E-state index in [9.17, 15) is 19.7 Å². The van der Waals surface area contributed by atoms with Crippen LogP contribution in [0.3, 0.4) is 0 Å². The van der Waals surface area contributed by atoms with Crippen LogP contribution in [0, 0.1) is 21.4 Å². The predicted octanol–water partition coefficient (Wildman–Crippen LogP) is 2.72. The van der Waals surface area contributed by atoms with Crippen molar-refractivity contribution in [2.24, 2.45) is 0 Å². The molecular weight excluding hydrogens is 432 g/mol. The Balaban J connectivity index is 2.07. The normalized spacial score (nSPS) is 14.7. The van der Waals surface area contributed by atoms with Crippen LogP contribution in [-0.2, 0) is 9.59 Å². The maximum Gasteiger partial charge on any atom is 0.312 e. The Hall–Kier alpha value is -3.71. The molecule has 1 saturated heterocycles. The number of ether oxygens (including phenoxy) is 1.